The van der Waals surface area contributed by atoms with Crippen LogP contribution in [-0.4, -0.2) is 81.1 Å². The first-order chi connectivity index (χ1) is 20.8. The van der Waals surface area contributed by atoms with Crippen molar-refractivity contribution in [2.45, 2.75) is 31.6 Å². The number of nitrogens with one attached hydrogen (secondary N) is 1. The number of piperazine rings is 1. The fourth-order valence-electron chi connectivity index (χ4n) is 5.64. The molecule has 0 aliphatic carbocycles. The van der Waals surface area contributed by atoms with E-state index in [0.717, 1.165) is 31.6 Å². The lowest BCUT2D eigenvalue weighted by molar-refractivity contribution is -0.137. The quantitative estimate of drug-likeness (QED) is 0.358. The highest BCUT2D eigenvalue weighted by atomic mass is 35.5. The van der Waals surface area contributed by atoms with Gasteiger partial charge in [-0.25, -0.2) is 9.59 Å². The molecule has 1 unspecified atom stereocenters. The fourth-order valence-corrected chi connectivity index (χ4v) is 6.25. The van der Waals surface area contributed by atoms with Gasteiger partial charge in [-0.3, -0.25) is 9.69 Å². The van der Waals surface area contributed by atoms with Crippen LogP contribution in [0.1, 0.15) is 36.3 Å². The maximum absolute atomic E-state index is 13.7. The van der Waals surface area contributed by atoms with Crippen molar-refractivity contribution in [1.29, 1.82) is 0 Å². The molecule has 9 nitrogen and oxygen atoms in total. The number of halogens is 2. The van der Waals surface area contributed by atoms with E-state index in [4.69, 9.17) is 38.4 Å². The molecule has 0 radical (unpaired) electrons. The predicted molar refractivity (Wildman–Crippen MR) is 166 cm³/mol. The number of nitrogens with two attached hydrogens (primary N) is 1. The minimum absolute atomic E-state index is 0.0938. The molecule has 0 aromatic heterocycles. The van der Waals surface area contributed by atoms with E-state index in [2.05, 4.69) is 10.2 Å². The number of ether oxygens (including phenoxy) is 2. The van der Waals surface area contributed by atoms with E-state index in [1.807, 2.05) is 30.3 Å². The molecule has 2 aliphatic heterocycles. The molecule has 230 valence electrons. The summed E-state index contributed by atoms with van der Waals surface area (Å²) in [5.41, 5.74) is 8.24. The van der Waals surface area contributed by atoms with E-state index in [0.29, 0.717) is 49.4 Å². The van der Waals surface area contributed by atoms with Crippen molar-refractivity contribution in [2.24, 2.45) is 5.73 Å². The molecule has 1 atom stereocenters. The van der Waals surface area contributed by atoms with Crippen LogP contribution >= 0.6 is 23.2 Å². The van der Waals surface area contributed by atoms with Crippen molar-refractivity contribution in [2.75, 3.05) is 53.5 Å². The maximum atomic E-state index is 13.7. The van der Waals surface area contributed by atoms with Gasteiger partial charge < -0.3 is 25.4 Å². The van der Waals surface area contributed by atoms with E-state index in [1.165, 1.54) is 14.2 Å². The molecule has 1 fully saturated rings. The molecule has 0 spiro atoms. The van der Waals surface area contributed by atoms with Crippen molar-refractivity contribution in [3.05, 3.63) is 92.2 Å². The molecule has 11 heteroatoms. The second-order valence-corrected chi connectivity index (χ2v) is 11.3. The van der Waals surface area contributed by atoms with Gasteiger partial charge in [0.05, 0.1) is 37.7 Å². The largest absolute Gasteiger partial charge is 0.466 e. The smallest absolute Gasteiger partial charge is 0.336 e. The van der Waals surface area contributed by atoms with Gasteiger partial charge in [0.15, 0.2) is 0 Å². The molecule has 2 aromatic carbocycles. The zero-order valence-electron chi connectivity index (χ0n) is 24.5. The highest BCUT2D eigenvalue weighted by Gasteiger charge is 2.42. The second-order valence-electron chi connectivity index (χ2n) is 10.5. The normalized spacial score (nSPS) is 17.5. The Morgan fingerprint density at radius 2 is 1.47 bits per heavy atom. The number of methoxy groups -OCH3 is 2. The number of allylic oxidation sites excluding steroid dienone is 1. The van der Waals surface area contributed by atoms with Gasteiger partial charge in [0.2, 0.25) is 5.91 Å². The summed E-state index contributed by atoms with van der Waals surface area (Å²) in [4.78, 5) is 44.7. The first-order valence-corrected chi connectivity index (χ1v) is 15.1. The topological polar surface area (TPSA) is 114 Å². The molecule has 2 heterocycles. The van der Waals surface area contributed by atoms with Crippen molar-refractivity contribution in [3.8, 4) is 0 Å². The Hall–Kier alpha value is -3.37. The van der Waals surface area contributed by atoms with E-state index < -0.39 is 17.9 Å². The standard InChI is InChI=1S/C32H38Cl2N4O5/c1-42-31(40)28-24(13-12-21-8-4-3-5-9-21)36-25(20-26(39)38-18-16-37(17-19-38)15-7-14-35)29(32(41)43-2)30(28)27-22(33)10-6-11-23(27)34/h3-6,8-11,30,36H,7,12-20,35H2,1-2H3. The second kappa shape index (κ2) is 15.4. The van der Waals surface area contributed by atoms with Gasteiger partial charge in [0, 0.05) is 53.2 Å². The average molecular weight is 630 g/mol. The Bertz CT molecular complexity index is 1370. The average Bonchev–Trinajstić information content (AvgIpc) is 3.02. The van der Waals surface area contributed by atoms with Gasteiger partial charge in [-0.05, 0) is 50.0 Å². The van der Waals surface area contributed by atoms with Crippen LogP contribution in [0.4, 0.5) is 0 Å². The number of nitrogens with zero attached hydrogens (tertiary/aromatic N) is 2. The summed E-state index contributed by atoms with van der Waals surface area (Å²) in [6, 6.07) is 14.8. The van der Waals surface area contributed by atoms with Crippen LogP contribution in [0, 0.1) is 0 Å². The molecule has 43 heavy (non-hydrogen) atoms. The molecular weight excluding hydrogens is 591 g/mol. The number of esters is 2. The van der Waals surface area contributed by atoms with Crippen LogP contribution in [0.3, 0.4) is 0 Å². The van der Waals surface area contributed by atoms with Gasteiger partial charge in [0.1, 0.15) is 0 Å². The Balaban J connectivity index is 1.77. The van der Waals surface area contributed by atoms with Crippen molar-refractivity contribution in [3.63, 3.8) is 0 Å². The first-order valence-electron chi connectivity index (χ1n) is 14.4. The lowest BCUT2D eigenvalue weighted by Gasteiger charge is -2.36. The van der Waals surface area contributed by atoms with Crippen LogP contribution in [0.5, 0.6) is 0 Å². The number of benzene rings is 2. The molecule has 0 bridgehead atoms. The summed E-state index contributed by atoms with van der Waals surface area (Å²) in [5, 5.41) is 3.83. The van der Waals surface area contributed by atoms with Gasteiger partial charge in [-0.1, -0.05) is 59.6 Å². The number of aryl methyl sites for hydroxylation is 1. The zero-order valence-corrected chi connectivity index (χ0v) is 26.0. The van der Waals surface area contributed by atoms with Gasteiger partial charge in [-0.2, -0.15) is 0 Å². The Morgan fingerprint density at radius 3 is 2.05 bits per heavy atom. The SMILES string of the molecule is COC(=O)C1=C(CCc2ccccc2)NC(CC(=O)N2CCN(CCCN)CC2)=C(C(=O)OC)C1c1c(Cl)cccc1Cl. The molecule has 1 saturated heterocycles. The molecular formula is C32H38Cl2N4O5. The van der Waals surface area contributed by atoms with E-state index >= 15 is 0 Å². The molecule has 1 amide bonds. The monoisotopic (exact) mass is 628 g/mol. The van der Waals surface area contributed by atoms with Gasteiger partial charge in [-0.15, -0.1) is 0 Å². The van der Waals surface area contributed by atoms with Gasteiger partial charge in [0.25, 0.3) is 0 Å². The van der Waals surface area contributed by atoms with E-state index in [9.17, 15) is 14.4 Å². The third kappa shape index (κ3) is 7.78. The fraction of sp³-hybridized carbons (Fsp3) is 0.406. The minimum atomic E-state index is -1.02. The van der Waals surface area contributed by atoms with E-state index in [1.54, 1.807) is 23.1 Å². The third-order valence-corrected chi connectivity index (χ3v) is 8.53. The molecule has 2 aromatic rings. The third-order valence-electron chi connectivity index (χ3n) is 7.87. The number of dihydropyridines is 1. The molecule has 4 rings (SSSR count). The number of carbonyl (C=O) groups is 3. The highest BCUT2D eigenvalue weighted by molar-refractivity contribution is 6.36. The minimum Gasteiger partial charge on any atom is -0.466 e. The van der Waals surface area contributed by atoms with Crippen LogP contribution in [0.15, 0.2) is 71.1 Å². The predicted octanol–water partition coefficient (Wildman–Crippen LogP) is 4.05. The zero-order chi connectivity index (χ0) is 30.9. The van der Waals surface area contributed by atoms with Crippen molar-refractivity contribution < 1.29 is 23.9 Å². The van der Waals surface area contributed by atoms with Crippen LogP contribution in [-0.2, 0) is 30.3 Å². The number of rotatable bonds is 11. The molecule has 2 aliphatic rings. The maximum Gasteiger partial charge on any atom is 0.336 e. The van der Waals surface area contributed by atoms with E-state index in [-0.39, 0.29) is 33.5 Å². The summed E-state index contributed by atoms with van der Waals surface area (Å²) in [6.07, 6.45) is 1.79. The van der Waals surface area contributed by atoms with Crippen molar-refractivity contribution >= 4 is 41.0 Å². The first kappa shape index (κ1) is 32.5. The number of hydrogen-bond acceptors (Lipinski definition) is 8. The van der Waals surface area contributed by atoms with Crippen LogP contribution < -0.4 is 11.1 Å². The van der Waals surface area contributed by atoms with Crippen LogP contribution in [0.2, 0.25) is 10.0 Å². The summed E-state index contributed by atoms with van der Waals surface area (Å²) in [5.74, 6) is -2.51. The molecule has 0 saturated carbocycles. The Morgan fingerprint density at radius 1 is 0.860 bits per heavy atom. The lowest BCUT2D eigenvalue weighted by atomic mass is 9.78. The van der Waals surface area contributed by atoms with Gasteiger partial charge >= 0.3 is 11.9 Å². The Kier molecular flexibility index (Phi) is 11.6. The van der Waals surface area contributed by atoms with Crippen LogP contribution in [0.25, 0.3) is 0 Å². The summed E-state index contributed by atoms with van der Waals surface area (Å²) in [7, 11) is 2.54. The number of carbonyl (C=O) groups excluding carboxylic acids is 3. The summed E-state index contributed by atoms with van der Waals surface area (Å²) < 4.78 is 10.4. The summed E-state index contributed by atoms with van der Waals surface area (Å²) in [6.45, 7) is 4.13. The summed E-state index contributed by atoms with van der Waals surface area (Å²) >= 11 is 13.4. The lowest BCUT2D eigenvalue weighted by Crippen LogP contribution is -2.49. The number of amides is 1. The highest BCUT2D eigenvalue weighted by Crippen LogP contribution is 2.46. The number of hydrogen-bond donors (Lipinski definition) is 2. The molecule has 3 N–H and O–H groups in total. The van der Waals surface area contributed by atoms with Crippen molar-refractivity contribution in [1.82, 2.24) is 15.1 Å². The Labute approximate surface area is 262 Å².